The topological polar surface area (TPSA) is 43.4 Å². The van der Waals surface area contributed by atoms with Crippen molar-refractivity contribution in [3.05, 3.63) is 228 Å². The molecule has 0 radical (unpaired) electrons. The van der Waals surface area contributed by atoms with Gasteiger partial charge in [0, 0.05) is 34.1 Å². The fraction of sp³-hybridized carbons (Fsp3) is 0.238. The van der Waals surface area contributed by atoms with Gasteiger partial charge in [-0.15, -0.1) is 0 Å². The molecule has 0 atom stereocenters. The van der Waals surface area contributed by atoms with Crippen molar-refractivity contribution >= 4 is 59.3 Å². The van der Waals surface area contributed by atoms with E-state index in [0.717, 1.165) is 45.0 Å². The molecule has 2 aliphatic heterocycles. The molecule has 3 aliphatic rings. The lowest BCUT2D eigenvalue weighted by molar-refractivity contribution is 0.00578. The highest BCUT2D eigenvalue weighted by molar-refractivity contribution is 6.62. The van der Waals surface area contributed by atoms with Crippen LogP contribution in [0, 0.1) is 13.8 Å². The second-order valence-electron chi connectivity index (χ2n) is 21.6. The van der Waals surface area contributed by atoms with Crippen LogP contribution in [-0.4, -0.2) is 36.6 Å². The first kappa shape index (κ1) is 46.7. The highest BCUT2D eigenvalue weighted by Crippen LogP contribution is 2.58. The summed E-state index contributed by atoms with van der Waals surface area (Å²) in [7, 11) is -0.909. The molecular weight excluding hydrogens is 870 g/mol. The second-order valence-corrected chi connectivity index (χ2v) is 21.6. The maximum atomic E-state index is 6.49. The Labute approximate surface area is 421 Å². The minimum absolute atomic E-state index is 0.434. The van der Waals surface area contributed by atoms with Gasteiger partial charge in [-0.2, -0.15) is 0 Å². The summed E-state index contributed by atoms with van der Waals surface area (Å²) in [5.41, 5.74) is 15.6. The lowest BCUT2D eigenvalue weighted by Crippen LogP contribution is -2.41. The fourth-order valence-electron chi connectivity index (χ4n) is 10.6. The highest BCUT2D eigenvalue weighted by atomic mass is 16.7. The zero-order valence-electron chi connectivity index (χ0n) is 42.7. The van der Waals surface area contributed by atoms with Crippen LogP contribution < -0.4 is 20.7 Å². The highest BCUT2D eigenvalue weighted by Gasteiger charge is 2.53. The fourth-order valence-corrected chi connectivity index (χ4v) is 10.6. The number of anilines is 6. The van der Waals surface area contributed by atoms with Crippen LogP contribution in [0.15, 0.2) is 194 Å². The van der Waals surface area contributed by atoms with Gasteiger partial charge >= 0.3 is 14.2 Å². The summed E-state index contributed by atoms with van der Waals surface area (Å²) < 4.78 is 25.9. The molecule has 0 spiro atoms. The lowest BCUT2D eigenvalue weighted by atomic mass is 9.67. The molecule has 0 bridgehead atoms. The quantitative estimate of drug-likeness (QED) is 0.127. The van der Waals surface area contributed by atoms with Gasteiger partial charge in [0.2, 0.25) is 0 Å². The zero-order valence-corrected chi connectivity index (χ0v) is 42.7. The van der Waals surface area contributed by atoms with Gasteiger partial charge in [-0.05, 0) is 186 Å². The standard InChI is InChI=1S/C63H62B2N2O4/c1-43-21-29-49(30-22-43)66(51-33-25-47(26-34-51)64-68-59(3,4)60(5,6)69-64)53-37-39-57-55(41-53)56-42-54(38-40-58(56)63(57,45-17-13-11-14-18-45)46-19-15-12-16-20-46)67(50-31-23-44(2)24-32-50)52-35-27-48(28-36-52)65-70-61(7,8)62(9,10)71-65/h11-42H,1-10H3. The van der Waals surface area contributed by atoms with E-state index in [4.69, 9.17) is 18.6 Å². The average molecular weight is 933 g/mol. The van der Waals surface area contributed by atoms with Crippen molar-refractivity contribution in [2.45, 2.75) is 97.1 Å². The van der Waals surface area contributed by atoms with E-state index in [0.29, 0.717) is 0 Å². The molecule has 2 fully saturated rings. The van der Waals surface area contributed by atoms with Crippen molar-refractivity contribution < 1.29 is 18.6 Å². The Bertz CT molecular complexity index is 2980. The van der Waals surface area contributed by atoms with Crippen LogP contribution in [0.25, 0.3) is 11.1 Å². The SMILES string of the molecule is Cc1ccc(N(c2ccc(B3OC(C)(C)C(C)(C)O3)cc2)c2ccc3c(c2)-c2cc(N(c4ccc(C)cc4)c4ccc(B5OC(C)(C)C(C)(C)O5)cc4)ccc2C3(c2ccccc2)c2ccccc2)cc1. The Morgan fingerprint density at radius 2 is 0.606 bits per heavy atom. The van der Waals surface area contributed by atoms with Gasteiger partial charge in [-0.1, -0.05) is 132 Å². The van der Waals surface area contributed by atoms with Gasteiger partial charge in [0.05, 0.1) is 27.8 Å². The molecule has 0 amide bonds. The maximum absolute atomic E-state index is 6.49. The molecule has 11 rings (SSSR count). The summed E-state index contributed by atoms with van der Waals surface area (Å²) in [6.07, 6.45) is 0. The monoisotopic (exact) mass is 932 g/mol. The third kappa shape index (κ3) is 7.93. The molecule has 8 heteroatoms. The molecule has 8 aromatic rings. The van der Waals surface area contributed by atoms with Gasteiger partial charge in [0.1, 0.15) is 0 Å². The Morgan fingerprint density at radius 1 is 0.324 bits per heavy atom. The molecule has 2 heterocycles. The molecule has 354 valence electrons. The minimum Gasteiger partial charge on any atom is -0.399 e. The predicted octanol–water partition coefficient (Wildman–Crippen LogP) is 14.2. The normalized spacial score (nSPS) is 17.7. The van der Waals surface area contributed by atoms with E-state index in [1.54, 1.807) is 0 Å². The van der Waals surface area contributed by atoms with Crippen molar-refractivity contribution in [1.29, 1.82) is 0 Å². The van der Waals surface area contributed by atoms with E-state index in [1.165, 1.54) is 44.5 Å². The van der Waals surface area contributed by atoms with Crippen molar-refractivity contribution in [2.24, 2.45) is 0 Å². The number of aryl methyl sites for hydroxylation is 2. The first-order chi connectivity index (χ1) is 34.0. The van der Waals surface area contributed by atoms with Crippen LogP contribution in [0.4, 0.5) is 34.1 Å². The van der Waals surface area contributed by atoms with E-state index in [9.17, 15) is 0 Å². The molecule has 0 unspecified atom stereocenters. The molecule has 0 saturated carbocycles. The summed E-state index contributed by atoms with van der Waals surface area (Å²) in [5, 5.41) is 0. The Hall–Kier alpha value is -6.67. The molecule has 0 aromatic heterocycles. The van der Waals surface area contributed by atoms with Crippen LogP contribution in [0.2, 0.25) is 0 Å². The number of rotatable bonds is 10. The van der Waals surface area contributed by atoms with Crippen molar-refractivity contribution in [1.82, 2.24) is 0 Å². The van der Waals surface area contributed by atoms with Gasteiger partial charge in [-0.3, -0.25) is 0 Å². The number of hydrogen-bond donors (Lipinski definition) is 0. The summed E-state index contributed by atoms with van der Waals surface area (Å²) in [4.78, 5) is 4.73. The Balaban J connectivity index is 1.09. The van der Waals surface area contributed by atoms with E-state index < -0.39 is 42.1 Å². The largest absolute Gasteiger partial charge is 0.494 e. The van der Waals surface area contributed by atoms with E-state index in [-0.39, 0.29) is 0 Å². The minimum atomic E-state index is -0.595. The number of fused-ring (bicyclic) bond motifs is 3. The van der Waals surface area contributed by atoms with Crippen LogP contribution in [0.1, 0.15) is 88.8 Å². The molecule has 6 nitrogen and oxygen atoms in total. The molecular formula is C63H62B2N2O4. The van der Waals surface area contributed by atoms with Gasteiger partial charge in [-0.25, -0.2) is 0 Å². The number of benzene rings is 8. The predicted molar refractivity (Wildman–Crippen MR) is 294 cm³/mol. The van der Waals surface area contributed by atoms with Crippen molar-refractivity contribution in [2.75, 3.05) is 9.80 Å². The summed E-state index contributed by atoms with van der Waals surface area (Å²) in [6, 6.07) is 71.1. The third-order valence-electron chi connectivity index (χ3n) is 16.0. The number of hydrogen-bond acceptors (Lipinski definition) is 6. The zero-order chi connectivity index (χ0) is 49.5. The average Bonchev–Trinajstić information content (AvgIpc) is 3.87. The first-order valence-electron chi connectivity index (χ1n) is 25.0. The first-order valence-corrected chi connectivity index (χ1v) is 25.0. The van der Waals surface area contributed by atoms with Crippen molar-refractivity contribution in [3.63, 3.8) is 0 Å². The van der Waals surface area contributed by atoms with Gasteiger partial charge in [0.15, 0.2) is 0 Å². The smallest absolute Gasteiger partial charge is 0.399 e. The molecule has 0 N–H and O–H groups in total. The third-order valence-corrected chi connectivity index (χ3v) is 16.0. The molecule has 1 aliphatic carbocycles. The molecule has 8 aromatic carbocycles. The summed E-state index contributed by atoms with van der Waals surface area (Å²) in [6.45, 7) is 21.1. The Morgan fingerprint density at radius 3 is 0.915 bits per heavy atom. The van der Waals surface area contributed by atoms with Gasteiger partial charge in [0.25, 0.3) is 0 Å². The van der Waals surface area contributed by atoms with Crippen LogP contribution in [0.3, 0.4) is 0 Å². The van der Waals surface area contributed by atoms with E-state index in [1.807, 2.05) is 0 Å². The maximum Gasteiger partial charge on any atom is 0.494 e. The molecule has 2 saturated heterocycles. The molecule has 71 heavy (non-hydrogen) atoms. The van der Waals surface area contributed by atoms with Crippen LogP contribution >= 0.6 is 0 Å². The lowest BCUT2D eigenvalue weighted by Gasteiger charge is -2.34. The summed E-state index contributed by atoms with van der Waals surface area (Å²) >= 11 is 0. The number of nitrogens with zero attached hydrogens (tertiary/aromatic N) is 2. The van der Waals surface area contributed by atoms with E-state index in [2.05, 4.69) is 273 Å². The van der Waals surface area contributed by atoms with E-state index >= 15 is 0 Å². The van der Waals surface area contributed by atoms with Crippen LogP contribution in [-0.2, 0) is 24.0 Å². The summed E-state index contributed by atoms with van der Waals surface area (Å²) in [5.74, 6) is 0. The van der Waals surface area contributed by atoms with Crippen LogP contribution in [0.5, 0.6) is 0 Å². The van der Waals surface area contributed by atoms with Crippen molar-refractivity contribution in [3.8, 4) is 11.1 Å². The van der Waals surface area contributed by atoms with Gasteiger partial charge < -0.3 is 28.4 Å². The second kappa shape index (κ2) is 17.3. The Kier molecular flexibility index (Phi) is 11.4.